The summed E-state index contributed by atoms with van der Waals surface area (Å²) in [6.07, 6.45) is 0.123. The molecule has 4 heteroatoms. The Morgan fingerprint density at radius 2 is 2.27 bits per heavy atom. The van der Waals surface area contributed by atoms with Gasteiger partial charge in [-0.05, 0) is 0 Å². The van der Waals surface area contributed by atoms with Gasteiger partial charge in [-0.15, -0.1) is 0 Å². The molecule has 1 aliphatic heterocycles. The van der Waals surface area contributed by atoms with Gasteiger partial charge in [0, 0.05) is 0 Å². The molecule has 0 spiro atoms. The van der Waals surface area contributed by atoms with Gasteiger partial charge < -0.3 is 0 Å². The second kappa shape index (κ2) is 3.85. The summed E-state index contributed by atoms with van der Waals surface area (Å²) in [6.45, 7) is 4.15. The second-order valence-electron chi connectivity index (χ2n) is 3.18. The SMILES string of the molecule is COC(C(C)C)[CH]1[Hg][O]C1=O. The van der Waals surface area contributed by atoms with Crippen molar-refractivity contribution >= 4 is 5.97 Å². The third-order valence-corrected chi connectivity index (χ3v) is 8.29. The van der Waals surface area contributed by atoms with E-state index in [1.165, 1.54) is 0 Å². The topological polar surface area (TPSA) is 35.5 Å². The molecule has 0 aliphatic carbocycles. The van der Waals surface area contributed by atoms with Crippen molar-refractivity contribution < 1.29 is 37.2 Å². The van der Waals surface area contributed by atoms with Crippen LogP contribution in [0.3, 0.4) is 0 Å². The van der Waals surface area contributed by atoms with Crippen molar-refractivity contribution in [3.8, 4) is 0 Å². The molecule has 2 unspecified atom stereocenters. The molecule has 0 N–H and O–H groups in total. The Morgan fingerprint density at radius 1 is 1.64 bits per heavy atom. The molecule has 1 heterocycles. The van der Waals surface area contributed by atoms with Crippen LogP contribution in [0.1, 0.15) is 13.8 Å². The van der Waals surface area contributed by atoms with Crippen LogP contribution >= 0.6 is 0 Å². The first-order valence-corrected chi connectivity index (χ1v) is 9.28. The molecule has 1 aliphatic rings. The van der Waals surface area contributed by atoms with Gasteiger partial charge in [0.1, 0.15) is 0 Å². The van der Waals surface area contributed by atoms with Crippen LogP contribution in [-0.2, 0) is 37.2 Å². The summed E-state index contributed by atoms with van der Waals surface area (Å²) >= 11 is -1.28. The molecule has 0 bridgehead atoms. The second-order valence-corrected chi connectivity index (χ2v) is 9.02. The van der Waals surface area contributed by atoms with Crippen LogP contribution in [-0.4, -0.2) is 19.2 Å². The average molecular weight is 345 g/mol. The molecular weight excluding hydrogens is 333 g/mol. The van der Waals surface area contributed by atoms with Gasteiger partial charge in [0.25, 0.3) is 0 Å². The number of carbonyl (C=O) groups is 1. The maximum atomic E-state index is 10.9. The molecule has 60 valence electrons. The maximum absolute atomic E-state index is 10.9. The van der Waals surface area contributed by atoms with Gasteiger partial charge in [-0.3, -0.25) is 0 Å². The normalized spacial score (nSPS) is 24.7. The average Bonchev–Trinajstić information content (AvgIpc) is 1.96. The van der Waals surface area contributed by atoms with Crippen LogP contribution < -0.4 is 0 Å². The third kappa shape index (κ3) is 1.93. The fourth-order valence-corrected chi connectivity index (χ4v) is 6.90. The van der Waals surface area contributed by atoms with E-state index in [1.54, 1.807) is 7.11 Å². The minimum absolute atomic E-state index is 0.0211. The number of ether oxygens (including phenoxy) is 1. The predicted molar refractivity (Wildman–Crippen MR) is 35.5 cm³/mol. The molecule has 1 saturated heterocycles. The van der Waals surface area contributed by atoms with Crippen LogP contribution in [0.25, 0.3) is 0 Å². The monoisotopic (exact) mass is 346 g/mol. The molecule has 0 amide bonds. The zero-order valence-electron chi connectivity index (χ0n) is 7.16. The molecule has 0 saturated carbocycles. The molecule has 2 atom stereocenters. The summed E-state index contributed by atoms with van der Waals surface area (Å²) in [7, 11) is 1.67. The van der Waals surface area contributed by atoms with Gasteiger partial charge in [-0.25, -0.2) is 0 Å². The first-order valence-electron chi connectivity index (χ1n) is 3.86. The van der Waals surface area contributed by atoms with E-state index in [4.69, 9.17) is 7.38 Å². The Hall–Kier alpha value is 0.365. The van der Waals surface area contributed by atoms with E-state index in [0.29, 0.717) is 5.92 Å². The Labute approximate surface area is 79.5 Å². The van der Waals surface area contributed by atoms with Gasteiger partial charge in [-0.2, -0.15) is 0 Å². The van der Waals surface area contributed by atoms with Crippen LogP contribution in [0, 0.1) is 5.92 Å². The Kier molecular flexibility index (Phi) is 3.31. The summed E-state index contributed by atoms with van der Waals surface area (Å²) in [4.78, 5) is 10.9. The van der Waals surface area contributed by atoms with Gasteiger partial charge in [0.15, 0.2) is 0 Å². The van der Waals surface area contributed by atoms with Crippen LogP contribution in [0.5, 0.6) is 0 Å². The fraction of sp³-hybridized carbons (Fsp3) is 0.857. The number of carbonyl (C=O) groups excluding carboxylic acids is 1. The minimum atomic E-state index is -1.28. The first kappa shape index (κ1) is 9.45. The Morgan fingerprint density at radius 3 is 2.36 bits per heavy atom. The van der Waals surface area contributed by atoms with E-state index in [0.717, 1.165) is 0 Å². The van der Waals surface area contributed by atoms with Crippen molar-refractivity contribution in [2.75, 3.05) is 7.11 Å². The zero-order chi connectivity index (χ0) is 8.43. The van der Waals surface area contributed by atoms with Crippen molar-refractivity contribution in [1.82, 2.24) is 0 Å². The molecule has 0 aromatic carbocycles. The van der Waals surface area contributed by atoms with E-state index in [-0.39, 0.29) is 15.5 Å². The number of hydrogen-bond acceptors (Lipinski definition) is 3. The summed E-state index contributed by atoms with van der Waals surface area (Å²) in [5.74, 6) is 0.407. The van der Waals surface area contributed by atoms with Crippen molar-refractivity contribution in [2.45, 2.75) is 23.4 Å². The molecule has 0 radical (unpaired) electrons. The number of methoxy groups -OCH3 is 1. The molecule has 0 aromatic rings. The predicted octanol–water partition coefficient (Wildman–Crippen LogP) is 1.00. The van der Waals surface area contributed by atoms with Crippen LogP contribution in [0.15, 0.2) is 0 Å². The quantitative estimate of drug-likeness (QED) is 0.717. The Balaban J connectivity index is 2.48. The molecule has 1 rings (SSSR count). The molecule has 11 heavy (non-hydrogen) atoms. The van der Waals surface area contributed by atoms with Gasteiger partial charge in [-0.1, -0.05) is 0 Å². The standard InChI is InChI=1S/C7H13O3.Hg/c1-5(2)6(10-3)4-7(8)9;/h4-6H,1-3H3,(H,8,9);/q;+1/p-1. The third-order valence-electron chi connectivity index (χ3n) is 2.03. The van der Waals surface area contributed by atoms with E-state index >= 15 is 0 Å². The van der Waals surface area contributed by atoms with Crippen molar-refractivity contribution in [2.24, 2.45) is 5.92 Å². The summed E-state index contributed by atoms with van der Waals surface area (Å²) < 4.78 is 10.3. The van der Waals surface area contributed by atoms with E-state index in [1.807, 2.05) is 0 Å². The number of hydrogen-bond donors (Lipinski definition) is 0. The fourth-order valence-electron chi connectivity index (χ4n) is 1.38. The summed E-state index contributed by atoms with van der Waals surface area (Å²) in [5, 5.41) is 0. The van der Waals surface area contributed by atoms with Crippen molar-refractivity contribution in [3.63, 3.8) is 0 Å². The molecule has 3 nitrogen and oxygen atoms in total. The summed E-state index contributed by atoms with van der Waals surface area (Å²) in [5.41, 5.74) is 0. The van der Waals surface area contributed by atoms with Gasteiger partial charge >= 0.3 is 79.6 Å². The molecular formula is C7H12HgO3. The number of rotatable bonds is 3. The molecule has 0 aromatic heterocycles. The van der Waals surface area contributed by atoms with E-state index in [2.05, 4.69) is 13.8 Å². The van der Waals surface area contributed by atoms with Gasteiger partial charge in [0.2, 0.25) is 0 Å². The summed E-state index contributed by atoms with van der Waals surface area (Å²) in [6, 6.07) is 0. The van der Waals surface area contributed by atoms with E-state index in [9.17, 15) is 4.79 Å². The van der Waals surface area contributed by atoms with E-state index < -0.39 is 25.0 Å². The van der Waals surface area contributed by atoms with Crippen LogP contribution in [0.2, 0.25) is 3.43 Å². The van der Waals surface area contributed by atoms with Crippen molar-refractivity contribution in [1.29, 1.82) is 0 Å². The Bertz CT molecular complexity index is 158. The zero-order valence-corrected chi connectivity index (χ0v) is 12.7. The first-order chi connectivity index (χ1) is 5.16. The molecule has 1 fully saturated rings. The van der Waals surface area contributed by atoms with Gasteiger partial charge in [0.05, 0.1) is 0 Å². The van der Waals surface area contributed by atoms with Crippen molar-refractivity contribution in [3.05, 3.63) is 0 Å². The van der Waals surface area contributed by atoms with Crippen LogP contribution in [0.4, 0.5) is 0 Å².